The number of rotatable bonds is 8. The lowest BCUT2D eigenvalue weighted by Crippen LogP contribution is -2.74. The standard InChI is InChI=1S/C57H39N5Si/c1-4-19-40(20-5-1)42-21-18-26-46(39-42)63(43-22-6-2-7-23-43,44-24-8-3-9-25-44)45-37-35-41(36-38-45)55-58-56(61-51-31-14-10-27-47(51)48-28-11-15-32-52(48)61)60-57(59-55)62-53-33-16-12-29-49(53)50-30-13-17-34-54(50)62/h1-39H/i10D,11D,12D,13D,14D,15D,16D,17D,27D,28D,29D,30D,31D,32D,33D,34D. The van der Waals surface area contributed by atoms with E-state index in [0.29, 0.717) is 5.56 Å². The largest absolute Gasteiger partial charge is 0.278 e. The van der Waals surface area contributed by atoms with Crippen molar-refractivity contribution in [3.05, 3.63) is 236 Å². The summed E-state index contributed by atoms with van der Waals surface area (Å²) in [7, 11) is -3.25. The average molecular weight is 838 g/mol. The summed E-state index contributed by atoms with van der Waals surface area (Å²) in [6, 6.07) is 36.1. The Morgan fingerprint density at radius 2 is 0.714 bits per heavy atom. The molecule has 0 spiro atoms. The Labute approximate surface area is 388 Å². The van der Waals surface area contributed by atoms with Gasteiger partial charge < -0.3 is 0 Å². The third kappa shape index (κ3) is 5.95. The third-order valence-corrected chi connectivity index (χ3v) is 16.2. The van der Waals surface area contributed by atoms with Crippen molar-refractivity contribution in [2.24, 2.45) is 0 Å². The molecule has 12 rings (SSSR count). The zero-order valence-electron chi connectivity index (χ0n) is 49.0. The molecule has 63 heavy (non-hydrogen) atoms. The van der Waals surface area contributed by atoms with Crippen LogP contribution in [-0.4, -0.2) is 32.2 Å². The number of para-hydroxylation sites is 4. The van der Waals surface area contributed by atoms with E-state index < -0.39 is 117 Å². The molecule has 0 saturated carbocycles. The van der Waals surface area contributed by atoms with E-state index in [1.165, 1.54) is 0 Å². The van der Waals surface area contributed by atoms with Gasteiger partial charge in [0.05, 0.1) is 44.0 Å². The first-order valence-electron chi connectivity index (χ1n) is 28.1. The topological polar surface area (TPSA) is 48.5 Å². The molecule has 0 aliphatic carbocycles. The molecule has 3 heterocycles. The van der Waals surface area contributed by atoms with Gasteiger partial charge in [-0.1, -0.05) is 212 Å². The molecule has 0 aliphatic rings. The van der Waals surface area contributed by atoms with Crippen molar-refractivity contribution in [1.82, 2.24) is 24.1 Å². The molecular formula is C57H39N5Si. The van der Waals surface area contributed by atoms with E-state index in [-0.39, 0.29) is 49.4 Å². The number of fused-ring (bicyclic) bond motifs is 6. The molecule has 0 radical (unpaired) electrons. The molecule has 0 bridgehead atoms. The van der Waals surface area contributed by atoms with Crippen LogP contribution in [0.5, 0.6) is 0 Å². The molecule has 0 N–H and O–H groups in total. The van der Waals surface area contributed by atoms with Crippen molar-refractivity contribution in [1.29, 1.82) is 0 Å². The highest BCUT2D eigenvalue weighted by Gasteiger charge is 2.41. The van der Waals surface area contributed by atoms with Gasteiger partial charge in [0.2, 0.25) is 11.9 Å². The molecule has 0 saturated heterocycles. The molecule has 0 atom stereocenters. The number of hydrogen-bond donors (Lipinski definition) is 0. The molecule has 0 fully saturated rings. The van der Waals surface area contributed by atoms with Gasteiger partial charge in [-0.3, -0.25) is 9.13 Å². The molecule has 6 heteroatoms. The second-order valence-electron chi connectivity index (χ2n) is 14.8. The van der Waals surface area contributed by atoms with Gasteiger partial charge >= 0.3 is 0 Å². The molecule has 0 aliphatic heterocycles. The summed E-state index contributed by atoms with van der Waals surface area (Å²) in [5, 5.41) is 3.11. The zero-order valence-corrected chi connectivity index (χ0v) is 34.0. The lowest BCUT2D eigenvalue weighted by Gasteiger charge is -2.34. The number of hydrogen-bond acceptors (Lipinski definition) is 3. The number of nitrogens with zero attached hydrogens (tertiary/aromatic N) is 5. The van der Waals surface area contributed by atoms with Gasteiger partial charge in [0.15, 0.2) is 13.9 Å². The Morgan fingerprint density at radius 1 is 0.333 bits per heavy atom. The van der Waals surface area contributed by atoms with Gasteiger partial charge in [0, 0.05) is 27.1 Å². The zero-order chi connectivity index (χ0) is 55.7. The van der Waals surface area contributed by atoms with Crippen molar-refractivity contribution in [2.75, 3.05) is 0 Å². The molecule has 0 unspecified atom stereocenters. The fraction of sp³-hybridized carbons (Fsp3) is 0. The summed E-state index contributed by atoms with van der Waals surface area (Å²) in [5.41, 5.74) is 1.09. The monoisotopic (exact) mass is 837 g/mol. The van der Waals surface area contributed by atoms with Gasteiger partial charge in [0.1, 0.15) is 0 Å². The van der Waals surface area contributed by atoms with E-state index in [2.05, 4.69) is 60.7 Å². The third-order valence-electron chi connectivity index (χ3n) is 11.5. The maximum atomic E-state index is 9.30. The Kier molecular flexibility index (Phi) is 5.67. The van der Waals surface area contributed by atoms with Crippen LogP contribution in [0, 0.1) is 0 Å². The molecular weight excluding hydrogens is 783 g/mol. The number of aromatic nitrogens is 5. The summed E-state index contributed by atoms with van der Waals surface area (Å²) < 4.78 is 146. The fourth-order valence-electron chi connectivity index (χ4n) is 8.73. The van der Waals surface area contributed by atoms with E-state index in [0.717, 1.165) is 41.0 Å². The second-order valence-corrected chi connectivity index (χ2v) is 18.6. The van der Waals surface area contributed by atoms with Crippen LogP contribution in [0.15, 0.2) is 236 Å². The Balaban J connectivity index is 1.21. The minimum absolute atomic E-state index is 0.141. The van der Waals surface area contributed by atoms with Crippen LogP contribution in [0.2, 0.25) is 0 Å². The quantitative estimate of drug-likeness (QED) is 0.113. The first kappa shape index (κ1) is 23.7. The van der Waals surface area contributed by atoms with Crippen LogP contribution >= 0.6 is 0 Å². The summed E-state index contributed by atoms with van der Waals surface area (Å²) in [4.78, 5) is 14.7. The molecule has 3 aromatic heterocycles. The van der Waals surface area contributed by atoms with Crippen LogP contribution in [0.1, 0.15) is 21.9 Å². The van der Waals surface area contributed by atoms with E-state index in [1.54, 1.807) is 12.1 Å². The second kappa shape index (κ2) is 15.1. The van der Waals surface area contributed by atoms with Crippen molar-refractivity contribution < 1.29 is 21.9 Å². The summed E-state index contributed by atoms with van der Waals surface area (Å²) in [6.45, 7) is 0. The predicted molar refractivity (Wildman–Crippen MR) is 263 cm³/mol. The smallest absolute Gasteiger partial charge is 0.240 e. The summed E-state index contributed by atoms with van der Waals surface area (Å²) in [5.74, 6) is -1.07. The number of benzene rings is 9. The molecule has 12 aromatic rings. The molecule has 0 amide bonds. The molecule has 5 nitrogen and oxygen atoms in total. The summed E-state index contributed by atoms with van der Waals surface area (Å²) >= 11 is 0. The van der Waals surface area contributed by atoms with Crippen molar-refractivity contribution in [3.63, 3.8) is 0 Å². The van der Waals surface area contributed by atoms with Crippen molar-refractivity contribution >= 4 is 72.4 Å². The highest BCUT2D eigenvalue weighted by molar-refractivity contribution is 7.19. The minimum atomic E-state index is -3.25. The maximum Gasteiger partial charge on any atom is 0.240 e. The lowest BCUT2D eigenvalue weighted by molar-refractivity contribution is 0.893. The summed E-state index contributed by atoms with van der Waals surface area (Å²) in [6.07, 6.45) is 0. The first-order valence-corrected chi connectivity index (χ1v) is 22.1. The van der Waals surface area contributed by atoms with E-state index >= 15 is 0 Å². The Bertz CT molecular complexity index is 4180. The van der Waals surface area contributed by atoms with Crippen LogP contribution in [0.25, 0.3) is 78.0 Å². The highest BCUT2D eigenvalue weighted by Crippen LogP contribution is 2.34. The average Bonchev–Trinajstić information content (AvgIpc) is 3.56. The SMILES string of the molecule is [2H]c1c([2H])c([2H])c2c(c1[2H])c1c([2H])c([2H])c([2H])c([2H])c1n2-c1nc(-c2ccc([Si](c3ccccc3)(c3ccccc3)c3cccc(-c4ccccc4)c3)cc2)nc(-n2c3c([2H])c([2H])c([2H])c([2H])c3c3c([2H])c([2H])c([2H])c([2H])c32)n1. The normalized spacial score (nSPS) is 15.4. The molecule has 296 valence electrons. The highest BCUT2D eigenvalue weighted by atomic mass is 28.3. The maximum absolute atomic E-state index is 9.30. The minimum Gasteiger partial charge on any atom is -0.278 e. The van der Waals surface area contributed by atoms with Crippen LogP contribution in [0.3, 0.4) is 0 Å². The Morgan fingerprint density at radius 3 is 1.17 bits per heavy atom. The van der Waals surface area contributed by atoms with Gasteiger partial charge in [-0.25, -0.2) is 0 Å². The lowest BCUT2D eigenvalue weighted by atomic mass is 10.1. The van der Waals surface area contributed by atoms with Crippen LogP contribution in [0.4, 0.5) is 0 Å². The van der Waals surface area contributed by atoms with Crippen LogP contribution < -0.4 is 20.7 Å². The van der Waals surface area contributed by atoms with Gasteiger partial charge in [-0.2, -0.15) is 15.0 Å². The van der Waals surface area contributed by atoms with Crippen molar-refractivity contribution in [3.8, 4) is 34.4 Å². The van der Waals surface area contributed by atoms with E-state index in [1.807, 2.05) is 66.7 Å². The van der Waals surface area contributed by atoms with Gasteiger partial charge in [-0.15, -0.1) is 0 Å². The fourth-order valence-corrected chi connectivity index (χ4v) is 13.5. The van der Waals surface area contributed by atoms with Crippen LogP contribution in [-0.2, 0) is 0 Å². The van der Waals surface area contributed by atoms with E-state index in [4.69, 9.17) is 31.4 Å². The predicted octanol–water partition coefficient (Wildman–Crippen LogP) is 10.8. The molecule has 9 aromatic carbocycles. The van der Waals surface area contributed by atoms with Gasteiger partial charge in [-0.05, 0) is 56.0 Å². The first-order chi connectivity index (χ1) is 37.9. The van der Waals surface area contributed by atoms with Crippen molar-refractivity contribution in [2.45, 2.75) is 0 Å². The Hall–Kier alpha value is -8.19. The van der Waals surface area contributed by atoms with E-state index in [9.17, 15) is 5.48 Å². The van der Waals surface area contributed by atoms with Gasteiger partial charge in [0.25, 0.3) is 0 Å².